The Balaban J connectivity index is 2.58. The van der Waals surface area contributed by atoms with E-state index in [-0.39, 0.29) is 5.60 Å². The maximum Gasteiger partial charge on any atom is 0.0804 e. The van der Waals surface area contributed by atoms with Crippen molar-refractivity contribution in [3.8, 4) is 0 Å². The fourth-order valence-corrected chi connectivity index (χ4v) is 2.71. The Bertz CT molecular complexity index is 119. The molecule has 0 aromatic carbocycles. The van der Waals surface area contributed by atoms with E-state index in [1.54, 1.807) is 0 Å². The van der Waals surface area contributed by atoms with Crippen LogP contribution in [-0.2, 0) is 4.74 Å². The Hall–Kier alpha value is 0.440. The van der Waals surface area contributed by atoms with E-state index in [1.165, 1.54) is 19.3 Å². The topological polar surface area (TPSA) is 9.23 Å². The average molecular weight is 221 g/mol. The molecule has 0 bridgehead atoms. The highest BCUT2D eigenvalue weighted by molar-refractivity contribution is 9.09. The third kappa shape index (κ3) is 1.78. The first kappa shape index (κ1) is 9.53. The van der Waals surface area contributed by atoms with Gasteiger partial charge in [0.1, 0.15) is 0 Å². The monoisotopic (exact) mass is 220 g/mol. The Labute approximate surface area is 77.6 Å². The summed E-state index contributed by atoms with van der Waals surface area (Å²) in [5.74, 6) is 0.685. The van der Waals surface area contributed by atoms with Gasteiger partial charge in [-0.3, -0.25) is 0 Å². The van der Waals surface area contributed by atoms with Crippen molar-refractivity contribution in [2.45, 2.75) is 38.7 Å². The molecule has 66 valence electrons. The van der Waals surface area contributed by atoms with Crippen LogP contribution in [0.15, 0.2) is 0 Å². The summed E-state index contributed by atoms with van der Waals surface area (Å²) in [4.78, 5) is 0. The number of halogens is 1. The first-order valence-electron chi connectivity index (χ1n) is 4.45. The molecule has 11 heavy (non-hydrogen) atoms. The van der Waals surface area contributed by atoms with Crippen LogP contribution in [0.3, 0.4) is 0 Å². The number of hydrogen-bond donors (Lipinski definition) is 0. The number of hydrogen-bond acceptors (Lipinski definition) is 1. The Morgan fingerprint density at radius 1 is 1.64 bits per heavy atom. The fourth-order valence-electron chi connectivity index (χ4n) is 1.72. The maximum atomic E-state index is 5.80. The number of ether oxygens (including phenoxy) is 1. The lowest BCUT2D eigenvalue weighted by molar-refractivity contribution is -0.0188. The molecule has 0 radical (unpaired) electrons. The highest BCUT2D eigenvalue weighted by atomic mass is 79.9. The molecule has 0 aliphatic carbocycles. The lowest BCUT2D eigenvalue weighted by atomic mass is 9.86. The molecule has 1 nitrogen and oxygen atoms in total. The van der Waals surface area contributed by atoms with E-state index >= 15 is 0 Å². The third-order valence-corrected chi connectivity index (χ3v) is 3.82. The maximum absolute atomic E-state index is 5.80. The molecule has 1 rings (SSSR count). The molecule has 0 aromatic rings. The molecule has 0 amide bonds. The molecule has 0 spiro atoms. The van der Waals surface area contributed by atoms with Gasteiger partial charge in [-0.1, -0.05) is 36.2 Å². The van der Waals surface area contributed by atoms with Crippen LogP contribution in [0, 0.1) is 5.92 Å². The average Bonchev–Trinajstić information content (AvgIpc) is 2.52. The molecular weight excluding hydrogens is 204 g/mol. The minimum absolute atomic E-state index is 0.161. The lowest BCUT2D eigenvalue weighted by Gasteiger charge is -2.32. The largest absolute Gasteiger partial charge is 0.374 e. The van der Waals surface area contributed by atoms with Crippen molar-refractivity contribution in [3.63, 3.8) is 0 Å². The summed E-state index contributed by atoms with van der Waals surface area (Å²) in [7, 11) is 0. The van der Waals surface area contributed by atoms with Gasteiger partial charge in [-0.05, 0) is 18.8 Å². The summed E-state index contributed by atoms with van der Waals surface area (Å²) in [6, 6.07) is 0. The van der Waals surface area contributed by atoms with Gasteiger partial charge in [-0.25, -0.2) is 0 Å². The van der Waals surface area contributed by atoms with E-state index in [0.29, 0.717) is 5.92 Å². The molecule has 0 N–H and O–H groups in total. The molecule has 0 saturated carbocycles. The first-order valence-corrected chi connectivity index (χ1v) is 5.57. The van der Waals surface area contributed by atoms with E-state index in [1.807, 2.05) is 0 Å². The zero-order chi connectivity index (χ0) is 8.32. The van der Waals surface area contributed by atoms with Crippen LogP contribution in [0.25, 0.3) is 0 Å². The standard InChI is InChI=1S/C9H17BrO/c1-3-8(2)9(7-10)5-4-6-11-9/h8H,3-7H2,1-2H3. The van der Waals surface area contributed by atoms with Gasteiger partial charge in [0.15, 0.2) is 0 Å². The predicted octanol–water partition coefficient (Wildman–Crippen LogP) is 2.98. The van der Waals surface area contributed by atoms with Crippen LogP contribution >= 0.6 is 15.9 Å². The van der Waals surface area contributed by atoms with Crippen LogP contribution < -0.4 is 0 Å². The Morgan fingerprint density at radius 2 is 2.36 bits per heavy atom. The summed E-state index contributed by atoms with van der Waals surface area (Å²) in [6.07, 6.45) is 3.68. The van der Waals surface area contributed by atoms with Gasteiger partial charge in [0, 0.05) is 11.9 Å². The van der Waals surface area contributed by atoms with Crippen LogP contribution in [0.4, 0.5) is 0 Å². The Kier molecular flexibility index (Phi) is 3.38. The van der Waals surface area contributed by atoms with Crippen molar-refractivity contribution in [1.82, 2.24) is 0 Å². The van der Waals surface area contributed by atoms with Crippen molar-refractivity contribution in [2.24, 2.45) is 5.92 Å². The van der Waals surface area contributed by atoms with Crippen molar-refractivity contribution >= 4 is 15.9 Å². The smallest absolute Gasteiger partial charge is 0.0804 e. The summed E-state index contributed by atoms with van der Waals surface area (Å²) < 4.78 is 5.80. The molecule has 1 heterocycles. The second kappa shape index (κ2) is 3.90. The van der Waals surface area contributed by atoms with E-state index in [9.17, 15) is 0 Å². The highest BCUT2D eigenvalue weighted by Gasteiger charge is 2.38. The lowest BCUT2D eigenvalue weighted by Crippen LogP contribution is -2.37. The molecule has 1 fully saturated rings. The zero-order valence-electron chi connectivity index (χ0n) is 7.40. The van der Waals surface area contributed by atoms with Crippen molar-refractivity contribution in [2.75, 3.05) is 11.9 Å². The van der Waals surface area contributed by atoms with E-state index in [0.717, 1.165) is 11.9 Å². The van der Waals surface area contributed by atoms with Crippen molar-refractivity contribution in [1.29, 1.82) is 0 Å². The summed E-state index contributed by atoms with van der Waals surface area (Å²) in [5, 5.41) is 0.995. The SMILES string of the molecule is CCC(C)C1(CBr)CCCO1. The second-order valence-corrected chi connectivity index (χ2v) is 4.02. The zero-order valence-corrected chi connectivity index (χ0v) is 8.99. The second-order valence-electron chi connectivity index (χ2n) is 3.46. The molecule has 1 aliphatic rings. The van der Waals surface area contributed by atoms with Gasteiger partial charge in [0.2, 0.25) is 0 Å². The van der Waals surface area contributed by atoms with E-state index in [4.69, 9.17) is 4.74 Å². The quantitative estimate of drug-likeness (QED) is 0.665. The Morgan fingerprint density at radius 3 is 2.73 bits per heavy atom. The van der Waals surface area contributed by atoms with Gasteiger partial charge < -0.3 is 4.74 Å². The predicted molar refractivity (Wildman–Crippen MR) is 51.2 cm³/mol. The van der Waals surface area contributed by atoms with Gasteiger partial charge in [0.25, 0.3) is 0 Å². The minimum Gasteiger partial charge on any atom is -0.374 e. The molecule has 2 unspecified atom stereocenters. The normalized spacial score (nSPS) is 34.1. The van der Waals surface area contributed by atoms with E-state index in [2.05, 4.69) is 29.8 Å². The van der Waals surface area contributed by atoms with Crippen molar-refractivity contribution in [3.05, 3.63) is 0 Å². The minimum atomic E-state index is 0.161. The summed E-state index contributed by atoms with van der Waals surface area (Å²) >= 11 is 3.55. The molecule has 0 aromatic heterocycles. The molecule has 2 atom stereocenters. The molecule has 2 heteroatoms. The fraction of sp³-hybridized carbons (Fsp3) is 1.00. The van der Waals surface area contributed by atoms with Gasteiger partial charge in [0.05, 0.1) is 5.60 Å². The summed E-state index contributed by atoms with van der Waals surface area (Å²) in [6.45, 7) is 5.47. The highest BCUT2D eigenvalue weighted by Crippen LogP contribution is 2.36. The van der Waals surface area contributed by atoms with E-state index < -0.39 is 0 Å². The molecular formula is C9H17BrO. The van der Waals surface area contributed by atoms with Crippen LogP contribution in [0.2, 0.25) is 0 Å². The van der Waals surface area contributed by atoms with Crippen LogP contribution in [0.1, 0.15) is 33.1 Å². The van der Waals surface area contributed by atoms with Crippen molar-refractivity contribution < 1.29 is 4.74 Å². The summed E-state index contributed by atoms with van der Waals surface area (Å²) in [5.41, 5.74) is 0.161. The van der Waals surface area contributed by atoms with Crippen LogP contribution in [0.5, 0.6) is 0 Å². The molecule has 1 aliphatic heterocycles. The number of rotatable bonds is 3. The van der Waals surface area contributed by atoms with Gasteiger partial charge >= 0.3 is 0 Å². The van der Waals surface area contributed by atoms with Crippen LogP contribution in [-0.4, -0.2) is 17.5 Å². The van der Waals surface area contributed by atoms with Gasteiger partial charge in [-0.2, -0.15) is 0 Å². The molecule has 1 saturated heterocycles. The third-order valence-electron chi connectivity index (χ3n) is 2.87. The van der Waals surface area contributed by atoms with Gasteiger partial charge in [-0.15, -0.1) is 0 Å². The first-order chi connectivity index (χ1) is 5.25. The number of alkyl halides is 1.